The molecule has 0 aromatic heterocycles. The lowest BCUT2D eigenvalue weighted by Gasteiger charge is -2.41. The maximum Gasteiger partial charge on any atom is 0.410 e. The molecule has 2 aliphatic rings. The van der Waals surface area contributed by atoms with Gasteiger partial charge in [0.15, 0.2) is 0 Å². The number of anilines is 1. The van der Waals surface area contributed by atoms with Crippen LogP contribution in [0.2, 0.25) is 0 Å². The van der Waals surface area contributed by atoms with Crippen LogP contribution in [-0.2, 0) is 64.0 Å². The monoisotopic (exact) mass is 1320 g/mol. The summed E-state index contributed by atoms with van der Waals surface area (Å²) in [4.78, 5) is 152. The summed E-state index contributed by atoms with van der Waals surface area (Å²) in [6.07, 6.45) is 2.94. The van der Waals surface area contributed by atoms with Crippen molar-refractivity contribution in [2.45, 2.75) is 201 Å². The molecule has 4 rings (SSSR count). The summed E-state index contributed by atoms with van der Waals surface area (Å²) in [5, 5.41) is 27.6. The number of hydrogen-bond acceptors (Lipinski definition) is 15. The van der Waals surface area contributed by atoms with Gasteiger partial charge < -0.3 is 66.8 Å². The molecule has 2 unspecified atom stereocenters. The van der Waals surface area contributed by atoms with Gasteiger partial charge >= 0.3 is 12.1 Å². The Balaban J connectivity index is 1.37. The molecule has 0 spiro atoms. The Kier molecular flexibility index (Phi) is 32.1. The van der Waals surface area contributed by atoms with Crippen LogP contribution in [0.25, 0.3) is 0 Å². The fourth-order valence-corrected chi connectivity index (χ4v) is 12.1. The Morgan fingerprint density at radius 3 is 1.93 bits per heavy atom. The molecule has 26 nitrogen and oxygen atoms in total. The minimum atomic E-state index is -1.11. The minimum Gasteiger partial charge on any atom is -0.445 e. The van der Waals surface area contributed by atoms with Crippen LogP contribution in [0.15, 0.2) is 66.7 Å². The average molecular weight is 1320 g/mol. The van der Waals surface area contributed by atoms with Gasteiger partial charge in [0.05, 0.1) is 48.8 Å². The van der Waals surface area contributed by atoms with Crippen molar-refractivity contribution < 1.29 is 72.1 Å². The minimum absolute atomic E-state index is 0.0841. The van der Waals surface area contributed by atoms with Gasteiger partial charge in [-0.25, -0.2) is 9.59 Å². The molecule has 1 fully saturated rings. The van der Waals surface area contributed by atoms with Crippen molar-refractivity contribution in [3.8, 4) is 0 Å². The van der Waals surface area contributed by atoms with Crippen molar-refractivity contribution in [3.05, 3.63) is 77.9 Å². The molecule has 0 aliphatic carbocycles. The Hall–Kier alpha value is -7.97. The number of rotatable bonds is 38. The summed E-state index contributed by atoms with van der Waals surface area (Å²) in [5.74, 6) is -6.02. The third kappa shape index (κ3) is 22.9. The number of methoxy groups -OCH3 is 2. The first-order chi connectivity index (χ1) is 44.5. The number of aliphatic hydroxyl groups excluding tert-OH is 1. The molecule has 1 saturated heterocycles. The van der Waals surface area contributed by atoms with Crippen LogP contribution in [0.5, 0.6) is 0 Å². The van der Waals surface area contributed by atoms with Crippen molar-refractivity contribution in [3.63, 3.8) is 0 Å². The molecule has 94 heavy (non-hydrogen) atoms. The number of nitrogens with two attached hydrogens (primary N) is 1. The Morgan fingerprint density at radius 1 is 0.713 bits per heavy atom. The van der Waals surface area contributed by atoms with Crippen molar-refractivity contribution in [1.82, 2.24) is 46.2 Å². The van der Waals surface area contributed by atoms with Gasteiger partial charge in [0.2, 0.25) is 41.4 Å². The van der Waals surface area contributed by atoms with E-state index in [1.54, 1.807) is 109 Å². The molecule has 522 valence electrons. The number of carbonyl (C=O) groups is 11. The molecular weight excluding hydrogens is 1210 g/mol. The molecule has 2 aromatic rings. The third-order valence-corrected chi connectivity index (χ3v) is 17.7. The normalized spacial score (nSPS) is 17.4. The van der Waals surface area contributed by atoms with Crippen molar-refractivity contribution in [2.24, 2.45) is 35.3 Å². The molecule has 9 N–H and O–H groups in total. The number of hydrogen-bond donors (Lipinski definition) is 8. The molecule has 2 heterocycles. The van der Waals surface area contributed by atoms with Gasteiger partial charge in [-0.3, -0.25) is 53.0 Å². The number of benzene rings is 2. The molecule has 2 aromatic carbocycles. The maximum atomic E-state index is 14.8. The van der Waals surface area contributed by atoms with Crippen molar-refractivity contribution >= 4 is 71.0 Å². The smallest absolute Gasteiger partial charge is 0.410 e. The number of nitrogens with zero attached hydrogens (tertiary/aromatic N) is 4. The predicted molar refractivity (Wildman–Crippen MR) is 353 cm³/mol. The summed E-state index contributed by atoms with van der Waals surface area (Å²) in [7, 11) is 6.08. The zero-order valence-electron chi connectivity index (χ0n) is 57.4. The second-order valence-corrected chi connectivity index (χ2v) is 25.8. The first-order valence-corrected chi connectivity index (χ1v) is 32.9. The van der Waals surface area contributed by atoms with E-state index in [0.717, 1.165) is 4.90 Å². The average Bonchev–Trinajstić information content (AvgIpc) is 1.33. The van der Waals surface area contributed by atoms with Gasteiger partial charge in [0.1, 0.15) is 30.8 Å². The fraction of sp³-hybridized carbons (Fsp3) is 0.632. The molecule has 12 amide bonds. The van der Waals surface area contributed by atoms with Crippen molar-refractivity contribution in [1.29, 1.82) is 0 Å². The number of nitrogens with one attached hydrogen (secondary N) is 6. The van der Waals surface area contributed by atoms with E-state index < -0.39 is 114 Å². The van der Waals surface area contributed by atoms with Gasteiger partial charge in [-0.2, -0.15) is 0 Å². The van der Waals surface area contributed by atoms with Gasteiger partial charge in [0.25, 0.3) is 11.8 Å². The first kappa shape index (κ1) is 78.5. The molecule has 26 heteroatoms. The highest BCUT2D eigenvalue weighted by Crippen LogP contribution is 2.31. The summed E-state index contributed by atoms with van der Waals surface area (Å²) in [5.41, 5.74) is 6.77. The number of likely N-dealkylation sites (N-methyl/N-ethyl adjacent to an activating group) is 2. The van der Waals surface area contributed by atoms with E-state index in [9.17, 15) is 57.8 Å². The lowest BCUT2D eigenvalue weighted by Crippen LogP contribution is -2.60. The highest BCUT2D eigenvalue weighted by molar-refractivity contribution is 6.12. The van der Waals surface area contributed by atoms with Gasteiger partial charge in [-0.1, -0.05) is 118 Å². The zero-order chi connectivity index (χ0) is 70.1. The van der Waals surface area contributed by atoms with Gasteiger partial charge in [-0.05, 0) is 92.4 Å². The number of imide groups is 1. The van der Waals surface area contributed by atoms with Gasteiger partial charge in [0, 0.05) is 72.2 Å². The van der Waals surface area contributed by atoms with Crippen LogP contribution in [0, 0.1) is 29.6 Å². The number of carbonyl (C=O) groups excluding carboxylic acids is 11. The van der Waals surface area contributed by atoms with E-state index >= 15 is 0 Å². The molecule has 0 radical (unpaired) electrons. The lowest BCUT2D eigenvalue weighted by atomic mass is 9.89. The Labute approximate surface area is 554 Å². The second-order valence-electron chi connectivity index (χ2n) is 25.8. The number of amides is 12. The molecule has 2 aliphatic heterocycles. The topological polar surface area (TPSA) is 347 Å². The summed E-state index contributed by atoms with van der Waals surface area (Å²) in [6.45, 7) is 18.6. The predicted octanol–water partition coefficient (Wildman–Crippen LogP) is 5.08. The van der Waals surface area contributed by atoms with Crippen molar-refractivity contribution in [2.75, 3.05) is 53.3 Å². The SMILES string of the molecule is CC[C@H](C)[C@@H](C(CC(=O)N1CCC[C@H]1[C@H](OC)[C@@H](C)C(=O)N[C@H](C)[C@@H](O)c1ccccc1)OC)N(C)C(=O)[C@@H](NC(=O)C(C(C)C)N(C)C(=O)OCc1ccc(NC(=O)[C@@H](CCCNC(N)=O)NC(=O)[C@H](NC(=O)CCCCCN2C(=O)C=CC2=O)C(C)C)cc1)C(C)C. The lowest BCUT2D eigenvalue weighted by molar-refractivity contribution is -0.148. The van der Waals surface area contributed by atoms with Crippen LogP contribution in [-0.4, -0.2) is 192 Å². The number of unbranched alkanes of at least 4 members (excludes halogenated alkanes) is 2. The molecule has 0 saturated carbocycles. The number of likely N-dealkylation sites (tertiary alicyclic amines) is 1. The van der Waals surface area contributed by atoms with Crippen LogP contribution < -0.4 is 37.6 Å². The van der Waals surface area contributed by atoms with Crippen LogP contribution >= 0.6 is 0 Å². The van der Waals surface area contributed by atoms with E-state index in [1.165, 1.54) is 38.3 Å². The largest absolute Gasteiger partial charge is 0.445 e. The summed E-state index contributed by atoms with van der Waals surface area (Å²) < 4.78 is 17.7. The second kappa shape index (κ2) is 38.4. The highest BCUT2D eigenvalue weighted by Gasteiger charge is 2.44. The number of urea groups is 1. The van der Waals surface area contributed by atoms with E-state index in [4.69, 9.17) is 19.9 Å². The van der Waals surface area contributed by atoms with E-state index in [-0.39, 0.29) is 86.8 Å². The van der Waals surface area contributed by atoms with Gasteiger partial charge in [-0.15, -0.1) is 0 Å². The Morgan fingerprint density at radius 2 is 1.35 bits per heavy atom. The molecular formula is C68H105N11O15. The number of ether oxygens (including phenoxy) is 3. The summed E-state index contributed by atoms with van der Waals surface area (Å²) >= 11 is 0. The fourth-order valence-electron chi connectivity index (χ4n) is 12.1. The molecule has 0 bridgehead atoms. The zero-order valence-corrected chi connectivity index (χ0v) is 57.4. The maximum absolute atomic E-state index is 14.8. The van der Waals surface area contributed by atoms with Crippen LogP contribution in [0.3, 0.4) is 0 Å². The molecule has 12 atom stereocenters. The van der Waals surface area contributed by atoms with E-state index in [2.05, 4.69) is 31.9 Å². The number of aliphatic hydroxyl groups is 1. The Bertz CT molecular complexity index is 2880. The van der Waals surface area contributed by atoms with E-state index in [0.29, 0.717) is 61.9 Å². The standard InChI is InChI=1S/C68H105N11O15/c1-15-43(8)59(51(92-13)38-55(83)78-37-23-27-50(78)61(93-14)44(9)62(85)71-45(10)60(84)47-24-18-16-19-25-47)76(11)66(89)57(41(4)5)75-65(88)58(42(6)7)77(12)68(91)94-39-46-29-31-48(32-30-46)72-63(86)49(26-22-35-70-67(69)90)73-64(87)56(40(2)3)74-52(80)28-20-17-21-36-79-53(81)33-34-54(79)82/h16,18-19,24-25,29-34,40-45,49-51,56-61,84H,15,17,20-23,26-28,35-39H2,1-14H3,(H,71,85)(H,72,86)(H,73,87)(H,74,80)(H,75,88)(H3,69,70,90)/t43-,44+,45+,49+,50-,51?,56+,57-,58?,59-,60+,61+/m0/s1. The first-order valence-electron chi connectivity index (χ1n) is 32.9. The third-order valence-electron chi connectivity index (χ3n) is 17.7. The van der Waals surface area contributed by atoms with E-state index in [1.807, 2.05) is 32.0 Å². The summed E-state index contributed by atoms with van der Waals surface area (Å²) in [6, 6.07) is 8.74. The number of primary amides is 1. The van der Waals surface area contributed by atoms with Crippen LogP contribution in [0.4, 0.5) is 15.3 Å². The quantitative estimate of drug-likeness (QED) is 0.0321. The highest BCUT2D eigenvalue weighted by atomic mass is 16.6. The van der Waals surface area contributed by atoms with Crippen LogP contribution in [0.1, 0.15) is 151 Å².